The van der Waals surface area contributed by atoms with Crippen LogP contribution in [0.3, 0.4) is 0 Å². The number of benzene rings is 2. The van der Waals surface area contributed by atoms with Crippen LogP contribution in [0.1, 0.15) is 11.1 Å². The molecule has 3 aromatic rings. The van der Waals surface area contributed by atoms with Crippen molar-refractivity contribution >= 4 is 28.3 Å². The van der Waals surface area contributed by atoms with Gasteiger partial charge in [0.15, 0.2) is 0 Å². The summed E-state index contributed by atoms with van der Waals surface area (Å²) in [5.74, 6) is 0.519. The van der Waals surface area contributed by atoms with Gasteiger partial charge in [0.1, 0.15) is 23.0 Å². The zero-order chi connectivity index (χ0) is 17.3. The molecule has 0 atom stereocenters. The first kappa shape index (κ1) is 16.0. The van der Waals surface area contributed by atoms with Crippen molar-refractivity contribution in [2.24, 2.45) is 0 Å². The summed E-state index contributed by atoms with van der Waals surface area (Å²) >= 11 is 5.89. The lowest BCUT2D eigenvalue weighted by Gasteiger charge is -2.08. The predicted octanol–water partition coefficient (Wildman–Crippen LogP) is 4.24. The summed E-state index contributed by atoms with van der Waals surface area (Å²) in [7, 11) is 0. The molecule has 0 amide bonds. The zero-order valence-corrected chi connectivity index (χ0v) is 13.4. The van der Waals surface area contributed by atoms with Crippen molar-refractivity contribution in [3.8, 4) is 5.75 Å². The molecular formula is C17H12ClNO5. The number of hydrogen-bond acceptors (Lipinski definition) is 5. The lowest BCUT2D eigenvalue weighted by atomic mass is 10.1. The van der Waals surface area contributed by atoms with Crippen LogP contribution in [0.15, 0.2) is 51.7 Å². The first-order chi connectivity index (χ1) is 11.5. The van der Waals surface area contributed by atoms with Gasteiger partial charge in [-0.25, -0.2) is 4.79 Å². The molecule has 2 aromatic carbocycles. The van der Waals surface area contributed by atoms with Crippen LogP contribution in [0.4, 0.5) is 5.69 Å². The Morgan fingerprint density at radius 2 is 1.92 bits per heavy atom. The molecule has 0 aliphatic rings. The number of nitrogens with zero attached hydrogens (tertiary/aromatic N) is 1. The Hall–Kier alpha value is -2.86. The van der Waals surface area contributed by atoms with Crippen LogP contribution in [0.2, 0.25) is 5.02 Å². The Bertz CT molecular complexity index is 979. The molecule has 0 unspecified atom stereocenters. The fourth-order valence-electron chi connectivity index (χ4n) is 2.28. The van der Waals surface area contributed by atoms with Gasteiger partial charge in [0.2, 0.25) is 0 Å². The van der Waals surface area contributed by atoms with Crippen LogP contribution in [0.25, 0.3) is 11.0 Å². The lowest BCUT2D eigenvalue weighted by Crippen LogP contribution is -2.02. The molecule has 0 fully saturated rings. The van der Waals surface area contributed by atoms with E-state index in [-0.39, 0.29) is 17.3 Å². The molecule has 0 saturated carbocycles. The summed E-state index contributed by atoms with van der Waals surface area (Å²) in [6.45, 7) is 1.99. The first-order valence-corrected chi connectivity index (χ1v) is 7.42. The molecule has 1 heterocycles. The molecule has 1 aromatic heterocycles. The highest BCUT2D eigenvalue weighted by atomic mass is 35.5. The van der Waals surface area contributed by atoms with Gasteiger partial charge in [-0.05, 0) is 42.3 Å². The van der Waals surface area contributed by atoms with E-state index in [4.69, 9.17) is 20.8 Å². The van der Waals surface area contributed by atoms with Crippen LogP contribution in [0.5, 0.6) is 5.75 Å². The number of fused-ring (bicyclic) bond motifs is 1. The maximum Gasteiger partial charge on any atom is 0.355 e. The Morgan fingerprint density at radius 3 is 2.58 bits per heavy atom. The van der Waals surface area contributed by atoms with E-state index in [9.17, 15) is 14.9 Å². The van der Waals surface area contributed by atoms with Crippen molar-refractivity contribution in [1.82, 2.24) is 0 Å². The van der Waals surface area contributed by atoms with Gasteiger partial charge in [-0.15, -0.1) is 0 Å². The second-order valence-electron chi connectivity index (χ2n) is 5.20. The van der Waals surface area contributed by atoms with E-state index in [0.29, 0.717) is 16.9 Å². The minimum atomic E-state index is -0.589. The summed E-state index contributed by atoms with van der Waals surface area (Å²) in [6.07, 6.45) is 0. The van der Waals surface area contributed by atoms with Gasteiger partial charge in [0.05, 0.1) is 4.92 Å². The number of aryl methyl sites for hydroxylation is 1. The monoisotopic (exact) mass is 345 g/mol. The van der Waals surface area contributed by atoms with E-state index in [1.807, 2.05) is 0 Å². The fraction of sp³-hybridized carbons (Fsp3) is 0.118. The standard InChI is InChI=1S/C17H12ClNO5/c1-10-14-7-6-13(8-15(14)24-17(20)16(10)18)23-9-11-2-4-12(5-3-11)19(21)22/h2-8H,9H2,1H3. The van der Waals surface area contributed by atoms with Gasteiger partial charge in [-0.2, -0.15) is 0 Å². The quantitative estimate of drug-likeness (QED) is 0.401. The average Bonchev–Trinajstić information content (AvgIpc) is 2.58. The van der Waals surface area contributed by atoms with Crippen LogP contribution in [0, 0.1) is 17.0 Å². The van der Waals surface area contributed by atoms with Crippen LogP contribution in [-0.2, 0) is 6.61 Å². The van der Waals surface area contributed by atoms with Crippen molar-refractivity contribution in [2.45, 2.75) is 13.5 Å². The minimum Gasteiger partial charge on any atom is -0.489 e. The number of hydrogen-bond donors (Lipinski definition) is 0. The van der Waals surface area contributed by atoms with Crippen LogP contribution in [-0.4, -0.2) is 4.92 Å². The third-order valence-corrected chi connectivity index (χ3v) is 4.06. The largest absolute Gasteiger partial charge is 0.489 e. The molecule has 24 heavy (non-hydrogen) atoms. The average molecular weight is 346 g/mol. The maximum atomic E-state index is 11.6. The molecule has 0 saturated heterocycles. The Balaban J connectivity index is 1.81. The maximum absolute atomic E-state index is 11.6. The highest BCUT2D eigenvalue weighted by molar-refractivity contribution is 6.31. The van der Waals surface area contributed by atoms with Gasteiger partial charge >= 0.3 is 5.63 Å². The molecule has 0 aliphatic heterocycles. The molecule has 6 nitrogen and oxygen atoms in total. The molecule has 122 valence electrons. The molecular weight excluding hydrogens is 334 g/mol. The predicted molar refractivity (Wildman–Crippen MR) is 89.7 cm³/mol. The number of halogens is 1. The third-order valence-electron chi connectivity index (χ3n) is 3.62. The highest BCUT2D eigenvalue weighted by Gasteiger charge is 2.10. The molecule has 0 spiro atoms. The number of ether oxygens (including phenoxy) is 1. The van der Waals surface area contributed by atoms with Crippen molar-refractivity contribution in [3.05, 3.63) is 79.1 Å². The van der Waals surface area contributed by atoms with Crippen LogP contribution < -0.4 is 10.4 Å². The normalized spacial score (nSPS) is 10.8. The summed E-state index contributed by atoms with van der Waals surface area (Å²) in [5, 5.41) is 11.4. The van der Waals surface area contributed by atoms with E-state index in [0.717, 1.165) is 10.9 Å². The van der Waals surface area contributed by atoms with Gasteiger partial charge < -0.3 is 9.15 Å². The summed E-state index contributed by atoms with van der Waals surface area (Å²) in [6, 6.07) is 11.2. The zero-order valence-electron chi connectivity index (χ0n) is 12.6. The van der Waals surface area contributed by atoms with Crippen molar-refractivity contribution in [2.75, 3.05) is 0 Å². The van der Waals surface area contributed by atoms with Gasteiger partial charge in [0, 0.05) is 23.6 Å². The molecule has 3 rings (SSSR count). The lowest BCUT2D eigenvalue weighted by molar-refractivity contribution is -0.384. The number of nitro groups is 1. The number of nitro benzene ring substituents is 1. The fourth-order valence-corrected chi connectivity index (χ4v) is 2.42. The van der Waals surface area contributed by atoms with Gasteiger partial charge in [-0.3, -0.25) is 10.1 Å². The SMILES string of the molecule is Cc1c(Cl)c(=O)oc2cc(OCc3ccc([N+](=O)[O-])cc3)ccc12. The smallest absolute Gasteiger partial charge is 0.355 e. The Labute approximate surface area is 141 Å². The van der Waals surface area contributed by atoms with Gasteiger partial charge in [0.25, 0.3) is 5.69 Å². The summed E-state index contributed by atoms with van der Waals surface area (Å²) in [5.41, 5.74) is 1.27. The van der Waals surface area contributed by atoms with Crippen molar-refractivity contribution < 1.29 is 14.1 Å². The van der Waals surface area contributed by atoms with Crippen LogP contribution >= 0.6 is 11.6 Å². The van der Waals surface area contributed by atoms with E-state index >= 15 is 0 Å². The summed E-state index contributed by atoms with van der Waals surface area (Å²) < 4.78 is 10.8. The van der Waals surface area contributed by atoms with E-state index < -0.39 is 10.5 Å². The summed E-state index contributed by atoms with van der Waals surface area (Å²) in [4.78, 5) is 21.8. The second-order valence-corrected chi connectivity index (χ2v) is 5.58. The molecule has 0 N–H and O–H groups in total. The molecule has 0 aliphatic carbocycles. The Morgan fingerprint density at radius 1 is 1.21 bits per heavy atom. The molecule has 0 radical (unpaired) electrons. The first-order valence-electron chi connectivity index (χ1n) is 7.05. The number of rotatable bonds is 4. The van der Waals surface area contributed by atoms with Crippen molar-refractivity contribution in [3.63, 3.8) is 0 Å². The topological polar surface area (TPSA) is 82.6 Å². The van der Waals surface area contributed by atoms with E-state index in [1.165, 1.54) is 12.1 Å². The third kappa shape index (κ3) is 3.09. The van der Waals surface area contributed by atoms with Gasteiger partial charge in [-0.1, -0.05) is 11.6 Å². The molecule has 0 bridgehead atoms. The Kier molecular flexibility index (Phi) is 4.22. The van der Waals surface area contributed by atoms with Crippen molar-refractivity contribution in [1.29, 1.82) is 0 Å². The minimum absolute atomic E-state index is 0.0265. The second kappa shape index (κ2) is 6.33. The number of non-ortho nitro benzene ring substituents is 1. The van der Waals surface area contributed by atoms with E-state index in [2.05, 4.69) is 0 Å². The molecule has 7 heteroatoms. The highest BCUT2D eigenvalue weighted by Crippen LogP contribution is 2.26. The van der Waals surface area contributed by atoms with E-state index in [1.54, 1.807) is 37.3 Å².